The fraction of sp³-hybridized carbons (Fsp3) is 0.810. The molecule has 1 heterocycles. The quantitative estimate of drug-likeness (QED) is 0.775. The first-order valence-corrected chi connectivity index (χ1v) is 9.85. The molecule has 2 saturated carbocycles. The first-order valence-electron chi connectivity index (χ1n) is 9.85. The molecule has 1 aliphatic heterocycles. The third-order valence-electron chi connectivity index (χ3n) is 7.90. The Morgan fingerprint density at radius 1 is 1.38 bits per heavy atom. The van der Waals surface area contributed by atoms with Gasteiger partial charge in [0.2, 0.25) is 0 Å². The molecule has 0 aromatic carbocycles. The van der Waals surface area contributed by atoms with Crippen molar-refractivity contribution < 1.29 is 24.2 Å². The predicted octanol–water partition coefficient (Wildman–Crippen LogP) is 3.25. The van der Waals surface area contributed by atoms with Crippen molar-refractivity contribution in [2.24, 2.45) is 28.6 Å². The molecule has 2 aliphatic carbocycles. The van der Waals surface area contributed by atoms with E-state index in [1.54, 1.807) is 6.08 Å². The van der Waals surface area contributed by atoms with Crippen LogP contribution in [-0.4, -0.2) is 36.9 Å². The number of esters is 2. The summed E-state index contributed by atoms with van der Waals surface area (Å²) in [7, 11) is 1.44. The van der Waals surface area contributed by atoms with E-state index in [2.05, 4.69) is 20.8 Å². The number of ether oxygens (including phenoxy) is 2. The molecule has 5 heteroatoms. The van der Waals surface area contributed by atoms with Crippen LogP contribution in [-0.2, 0) is 19.1 Å². The standard InChI is InChI=1S/C21H32O5/c1-13-10-17(22)21(3)15(19(24)25-4)6-5-7-16(21)20(13,2)9-8-14-11-18(23)26-12-14/h11,13,15-17,22H,5-10,12H2,1-4H3/t13-,15+,16-,17+,20+,21+/m1/s1. The molecule has 0 saturated heterocycles. The lowest BCUT2D eigenvalue weighted by Crippen LogP contribution is -2.61. The molecule has 146 valence electrons. The second-order valence-corrected chi connectivity index (χ2v) is 8.99. The van der Waals surface area contributed by atoms with Gasteiger partial charge in [0.25, 0.3) is 0 Å². The van der Waals surface area contributed by atoms with Gasteiger partial charge in [0, 0.05) is 11.5 Å². The van der Waals surface area contributed by atoms with Gasteiger partial charge in [0.1, 0.15) is 6.61 Å². The Hall–Kier alpha value is -1.36. The molecular weight excluding hydrogens is 332 g/mol. The third kappa shape index (κ3) is 2.98. The van der Waals surface area contributed by atoms with Crippen molar-refractivity contribution in [2.75, 3.05) is 13.7 Å². The van der Waals surface area contributed by atoms with Gasteiger partial charge in [0.15, 0.2) is 0 Å². The number of carbonyl (C=O) groups is 2. The van der Waals surface area contributed by atoms with Crippen molar-refractivity contribution in [3.8, 4) is 0 Å². The molecular formula is C21H32O5. The number of fused-ring (bicyclic) bond motifs is 1. The molecule has 3 aliphatic rings. The maximum absolute atomic E-state index is 12.5. The van der Waals surface area contributed by atoms with Crippen molar-refractivity contribution >= 4 is 11.9 Å². The van der Waals surface area contributed by atoms with Crippen LogP contribution in [0.2, 0.25) is 0 Å². The van der Waals surface area contributed by atoms with Gasteiger partial charge in [-0.15, -0.1) is 0 Å². The predicted molar refractivity (Wildman–Crippen MR) is 97.1 cm³/mol. The summed E-state index contributed by atoms with van der Waals surface area (Å²) in [5, 5.41) is 11.0. The van der Waals surface area contributed by atoms with E-state index in [1.165, 1.54) is 7.11 Å². The fourth-order valence-corrected chi connectivity index (χ4v) is 6.02. The number of cyclic esters (lactones) is 1. The zero-order valence-electron chi connectivity index (χ0n) is 16.4. The molecule has 2 fully saturated rings. The summed E-state index contributed by atoms with van der Waals surface area (Å²) in [6.07, 6.45) is 6.39. The van der Waals surface area contributed by atoms with Crippen molar-refractivity contribution in [3.63, 3.8) is 0 Å². The van der Waals surface area contributed by atoms with E-state index in [0.717, 1.165) is 37.7 Å². The Morgan fingerprint density at radius 2 is 2.12 bits per heavy atom. The van der Waals surface area contributed by atoms with Crippen LogP contribution in [0.3, 0.4) is 0 Å². The average molecular weight is 364 g/mol. The first kappa shape index (κ1) is 19.4. The number of hydrogen-bond acceptors (Lipinski definition) is 5. The molecule has 6 atom stereocenters. The van der Waals surface area contributed by atoms with E-state index >= 15 is 0 Å². The molecule has 5 nitrogen and oxygen atoms in total. The highest BCUT2D eigenvalue weighted by molar-refractivity contribution is 5.85. The lowest BCUT2D eigenvalue weighted by Gasteiger charge is -2.61. The summed E-state index contributed by atoms with van der Waals surface area (Å²) >= 11 is 0. The van der Waals surface area contributed by atoms with Crippen molar-refractivity contribution in [3.05, 3.63) is 11.6 Å². The number of carbonyl (C=O) groups excluding carboxylic acids is 2. The van der Waals surface area contributed by atoms with Crippen LogP contribution in [0.1, 0.15) is 59.3 Å². The highest BCUT2D eigenvalue weighted by atomic mass is 16.5. The van der Waals surface area contributed by atoms with Crippen LogP contribution in [0, 0.1) is 28.6 Å². The third-order valence-corrected chi connectivity index (χ3v) is 7.90. The monoisotopic (exact) mass is 364 g/mol. The topological polar surface area (TPSA) is 72.8 Å². The number of methoxy groups -OCH3 is 1. The van der Waals surface area contributed by atoms with Gasteiger partial charge in [-0.2, -0.15) is 0 Å². The molecule has 0 amide bonds. The molecule has 1 N–H and O–H groups in total. The van der Waals surface area contributed by atoms with E-state index in [1.807, 2.05) is 0 Å². The Morgan fingerprint density at radius 3 is 2.73 bits per heavy atom. The van der Waals surface area contributed by atoms with Crippen LogP contribution >= 0.6 is 0 Å². The fourth-order valence-electron chi connectivity index (χ4n) is 6.02. The minimum absolute atomic E-state index is 0.00709. The number of hydrogen-bond donors (Lipinski definition) is 1. The van der Waals surface area contributed by atoms with Gasteiger partial charge >= 0.3 is 11.9 Å². The summed E-state index contributed by atoms with van der Waals surface area (Å²) in [5.74, 6) is -0.0734. The van der Waals surface area contributed by atoms with E-state index in [0.29, 0.717) is 18.9 Å². The van der Waals surface area contributed by atoms with Crippen LogP contribution < -0.4 is 0 Å². The second kappa shape index (κ2) is 6.99. The first-order chi connectivity index (χ1) is 12.2. The summed E-state index contributed by atoms with van der Waals surface area (Å²) in [4.78, 5) is 23.8. The molecule has 3 rings (SSSR count). The molecule has 0 radical (unpaired) electrons. The lowest BCUT2D eigenvalue weighted by molar-refractivity contribution is -0.196. The Bertz CT molecular complexity index is 612. The SMILES string of the molecule is COC(=O)[C@@H]1CCC[C@@H]2[C@@](C)(CCC3=CC(=O)OC3)[C@H](C)C[C@H](O)[C@]21C. The van der Waals surface area contributed by atoms with Gasteiger partial charge in [-0.05, 0) is 54.9 Å². The van der Waals surface area contributed by atoms with Crippen LogP contribution in [0.25, 0.3) is 0 Å². The summed E-state index contributed by atoms with van der Waals surface area (Å²) < 4.78 is 10.1. The van der Waals surface area contributed by atoms with Gasteiger partial charge in [0.05, 0.1) is 19.1 Å². The van der Waals surface area contributed by atoms with Gasteiger partial charge in [-0.3, -0.25) is 4.79 Å². The normalized spacial score (nSPS) is 42.7. The smallest absolute Gasteiger partial charge is 0.331 e. The van der Waals surface area contributed by atoms with Crippen LogP contribution in [0.15, 0.2) is 11.6 Å². The zero-order chi connectivity index (χ0) is 19.1. The minimum atomic E-state index is -0.490. The summed E-state index contributed by atoms with van der Waals surface area (Å²) in [5.41, 5.74) is 0.604. The van der Waals surface area contributed by atoms with Crippen molar-refractivity contribution in [2.45, 2.75) is 65.4 Å². The highest BCUT2D eigenvalue weighted by Crippen LogP contribution is 2.63. The van der Waals surface area contributed by atoms with Gasteiger partial charge in [-0.1, -0.05) is 27.2 Å². The van der Waals surface area contributed by atoms with E-state index < -0.39 is 11.5 Å². The van der Waals surface area contributed by atoms with Crippen molar-refractivity contribution in [1.29, 1.82) is 0 Å². The number of rotatable bonds is 4. The Labute approximate surface area is 156 Å². The second-order valence-electron chi connectivity index (χ2n) is 8.99. The Balaban J connectivity index is 1.88. The molecule has 0 bridgehead atoms. The van der Waals surface area contributed by atoms with Crippen molar-refractivity contribution in [1.82, 2.24) is 0 Å². The Kier molecular flexibility index (Phi) is 5.22. The molecule has 0 spiro atoms. The zero-order valence-corrected chi connectivity index (χ0v) is 16.4. The molecule has 0 aromatic rings. The lowest BCUT2D eigenvalue weighted by atomic mass is 9.43. The highest BCUT2D eigenvalue weighted by Gasteiger charge is 2.61. The largest absolute Gasteiger partial charge is 0.469 e. The molecule has 0 aromatic heterocycles. The average Bonchev–Trinajstić information content (AvgIpc) is 3.03. The number of aliphatic hydroxyl groups excluding tert-OH is 1. The van der Waals surface area contributed by atoms with Gasteiger partial charge in [-0.25, -0.2) is 4.79 Å². The maximum Gasteiger partial charge on any atom is 0.331 e. The van der Waals surface area contributed by atoms with Gasteiger partial charge < -0.3 is 14.6 Å². The maximum atomic E-state index is 12.5. The van der Waals surface area contributed by atoms with E-state index in [9.17, 15) is 14.7 Å². The minimum Gasteiger partial charge on any atom is -0.469 e. The van der Waals surface area contributed by atoms with E-state index in [-0.39, 0.29) is 29.2 Å². The molecule has 26 heavy (non-hydrogen) atoms. The van der Waals surface area contributed by atoms with Crippen LogP contribution in [0.4, 0.5) is 0 Å². The van der Waals surface area contributed by atoms with Crippen LogP contribution in [0.5, 0.6) is 0 Å². The van der Waals surface area contributed by atoms with E-state index in [4.69, 9.17) is 9.47 Å². The summed E-state index contributed by atoms with van der Waals surface area (Å²) in [6.45, 7) is 7.02. The number of aliphatic hydroxyl groups is 1. The summed E-state index contributed by atoms with van der Waals surface area (Å²) in [6, 6.07) is 0. The molecule has 0 unspecified atom stereocenters.